The van der Waals surface area contributed by atoms with Crippen molar-refractivity contribution in [1.82, 2.24) is 0 Å². The third-order valence-electron chi connectivity index (χ3n) is 3.08. The molecule has 0 atom stereocenters. The number of benzene rings is 2. The van der Waals surface area contributed by atoms with E-state index in [1.807, 2.05) is 0 Å². The highest BCUT2D eigenvalue weighted by Gasteiger charge is 2.37. The zero-order chi connectivity index (χ0) is 18.1. The van der Waals surface area contributed by atoms with Gasteiger partial charge in [0.05, 0.1) is 7.11 Å². The molecule has 0 aliphatic carbocycles. The molecule has 0 fully saturated rings. The average Bonchev–Trinajstić information content (AvgIpc) is 2.43. The van der Waals surface area contributed by atoms with Crippen molar-refractivity contribution in [3.63, 3.8) is 0 Å². The summed E-state index contributed by atoms with van der Waals surface area (Å²) in [4.78, 5) is 0. The molecule has 0 aliphatic rings. The largest absolute Gasteiger partial charge is 0.495 e. The quantitative estimate of drug-likeness (QED) is 0.531. The summed E-state index contributed by atoms with van der Waals surface area (Å²) in [5.41, 5.74) is -1.95. The van der Waals surface area contributed by atoms with Crippen molar-refractivity contribution in [2.75, 3.05) is 7.11 Å². The van der Waals surface area contributed by atoms with Crippen molar-refractivity contribution >= 4 is 0 Å². The molecule has 0 unspecified atom stereocenters. The Balaban J connectivity index is 2.51. The number of halogens is 6. The first-order chi connectivity index (χ1) is 11.1. The first-order valence-electron chi connectivity index (χ1n) is 6.56. The van der Waals surface area contributed by atoms with E-state index < -0.39 is 29.2 Å². The van der Waals surface area contributed by atoms with Gasteiger partial charge in [-0.2, -0.15) is 13.2 Å². The summed E-state index contributed by atoms with van der Waals surface area (Å²) >= 11 is 0. The average molecular weight is 344 g/mol. The van der Waals surface area contributed by atoms with Gasteiger partial charge in [-0.25, -0.2) is 13.2 Å². The highest BCUT2D eigenvalue weighted by Crippen LogP contribution is 2.34. The lowest BCUT2D eigenvalue weighted by atomic mass is 10.1. The predicted octanol–water partition coefficient (Wildman–Crippen LogP) is 4.84. The Kier molecular flexibility index (Phi) is 4.78. The third-order valence-corrected chi connectivity index (χ3v) is 3.08. The maximum atomic E-state index is 13.9. The number of alkyl halides is 3. The lowest BCUT2D eigenvalue weighted by Crippen LogP contribution is -2.11. The Morgan fingerprint density at radius 3 is 1.96 bits per heavy atom. The molecular weight excluding hydrogens is 334 g/mol. The maximum absolute atomic E-state index is 13.9. The summed E-state index contributed by atoms with van der Waals surface area (Å²) in [6, 6.07) is 3.57. The van der Waals surface area contributed by atoms with E-state index in [9.17, 15) is 26.3 Å². The van der Waals surface area contributed by atoms with Crippen molar-refractivity contribution in [2.24, 2.45) is 0 Å². The van der Waals surface area contributed by atoms with E-state index in [0.29, 0.717) is 17.7 Å². The van der Waals surface area contributed by atoms with Crippen molar-refractivity contribution in [3.8, 4) is 17.6 Å². The number of hydrogen-bond acceptors (Lipinski definition) is 1. The fourth-order valence-corrected chi connectivity index (χ4v) is 2.04. The topological polar surface area (TPSA) is 9.23 Å². The van der Waals surface area contributed by atoms with Gasteiger partial charge in [-0.1, -0.05) is 11.8 Å². The second kappa shape index (κ2) is 6.48. The molecule has 2 rings (SSSR count). The lowest BCUT2D eigenvalue weighted by Gasteiger charge is -2.09. The SMILES string of the molecule is COc1cc(C)cc(F)c1C#Cc1cc(F)c(C(F)(F)F)c(F)c1. The molecule has 2 aromatic carbocycles. The van der Waals surface area contributed by atoms with Crippen LogP contribution in [0.2, 0.25) is 0 Å². The molecule has 1 nitrogen and oxygen atoms in total. The Bertz CT molecular complexity index is 820. The minimum absolute atomic E-state index is 0.104. The Hall–Kier alpha value is -2.62. The Morgan fingerprint density at radius 1 is 0.875 bits per heavy atom. The van der Waals surface area contributed by atoms with Gasteiger partial charge in [0.25, 0.3) is 0 Å². The van der Waals surface area contributed by atoms with Crippen LogP contribution in [0.15, 0.2) is 24.3 Å². The molecule has 0 amide bonds. The van der Waals surface area contributed by atoms with E-state index >= 15 is 0 Å². The van der Waals surface area contributed by atoms with Crippen LogP contribution in [0.5, 0.6) is 5.75 Å². The zero-order valence-electron chi connectivity index (χ0n) is 12.5. The zero-order valence-corrected chi connectivity index (χ0v) is 12.5. The van der Waals surface area contributed by atoms with E-state index in [2.05, 4.69) is 11.8 Å². The minimum atomic E-state index is -5.16. The normalized spacial score (nSPS) is 11.0. The number of methoxy groups -OCH3 is 1. The van der Waals surface area contributed by atoms with Gasteiger partial charge in [-0.05, 0) is 36.8 Å². The Labute approximate surface area is 133 Å². The summed E-state index contributed by atoms with van der Waals surface area (Å²) in [5, 5.41) is 0. The van der Waals surface area contributed by atoms with Crippen LogP contribution >= 0.6 is 0 Å². The molecule has 0 spiro atoms. The number of rotatable bonds is 1. The second-order valence-corrected chi connectivity index (χ2v) is 4.89. The molecule has 0 heterocycles. The summed E-state index contributed by atoms with van der Waals surface area (Å²) in [7, 11) is 1.29. The smallest absolute Gasteiger partial charge is 0.422 e. The predicted molar refractivity (Wildman–Crippen MR) is 75.0 cm³/mol. The summed E-state index contributed by atoms with van der Waals surface area (Å²) in [6.45, 7) is 1.63. The lowest BCUT2D eigenvalue weighted by molar-refractivity contribution is -0.142. The van der Waals surface area contributed by atoms with Crippen LogP contribution in [0.1, 0.15) is 22.3 Å². The van der Waals surface area contributed by atoms with Crippen LogP contribution in [-0.4, -0.2) is 7.11 Å². The summed E-state index contributed by atoms with van der Waals surface area (Å²) in [5.74, 6) is 0.374. The van der Waals surface area contributed by atoms with Crippen molar-refractivity contribution in [2.45, 2.75) is 13.1 Å². The van der Waals surface area contributed by atoms with Gasteiger partial charge in [0.15, 0.2) is 0 Å². The minimum Gasteiger partial charge on any atom is -0.495 e. The van der Waals surface area contributed by atoms with Gasteiger partial charge >= 0.3 is 6.18 Å². The first-order valence-corrected chi connectivity index (χ1v) is 6.56. The van der Waals surface area contributed by atoms with E-state index in [1.54, 1.807) is 6.92 Å². The monoisotopic (exact) mass is 344 g/mol. The fraction of sp³-hybridized carbons (Fsp3) is 0.176. The van der Waals surface area contributed by atoms with Crippen molar-refractivity contribution in [1.29, 1.82) is 0 Å². The molecule has 126 valence electrons. The molecule has 0 bridgehead atoms. The van der Waals surface area contributed by atoms with Crippen molar-refractivity contribution < 1.29 is 31.1 Å². The molecule has 2 aromatic rings. The second-order valence-electron chi connectivity index (χ2n) is 4.89. The van der Waals surface area contributed by atoms with Crippen LogP contribution in [0.25, 0.3) is 0 Å². The molecule has 0 saturated carbocycles. The maximum Gasteiger partial charge on any atom is 0.422 e. The summed E-state index contributed by atoms with van der Waals surface area (Å²) < 4.78 is 83.3. The van der Waals surface area contributed by atoms with Gasteiger partial charge < -0.3 is 4.74 Å². The first kappa shape index (κ1) is 17.7. The van der Waals surface area contributed by atoms with Gasteiger partial charge in [-0.3, -0.25) is 0 Å². The number of ether oxygens (including phenoxy) is 1. The van der Waals surface area contributed by atoms with Crippen LogP contribution in [0, 0.1) is 36.2 Å². The molecule has 0 radical (unpaired) electrons. The van der Waals surface area contributed by atoms with Gasteiger partial charge in [0, 0.05) is 5.56 Å². The molecule has 24 heavy (non-hydrogen) atoms. The van der Waals surface area contributed by atoms with E-state index in [4.69, 9.17) is 4.74 Å². The third kappa shape index (κ3) is 3.65. The van der Waals surface area contributed by atoms with Gasteiger partial charge in [-0.15, -0.1) is 0 Å². The molecule has 0 N–H and O–H groups in total. The van der Waals surface area contributed by atoms with E-state index in [1.165, 1.54) is 19.2 Å². The van der Waals surface area contributed by atoms with Crippen LogP contribution in [-0.2, 0) is 6.18 Å². The highest BCUT2D eigenvalue weighted by molar-refractivity contribution is 5.52. The Morgan fingerprint density at radius 2 is 1.46 bits per heavy atom. The standard InChI is InChI=1S/C17H10F6O/c1-9-5-12(18)11(15(6-9)24-2)4-3-10-7-13(19)16(14(20)8-10)17(21,22)23/h5-8H,1-2H3. The van der Waals surface area contributed by atoms with E-state index in [0.717, 1.165) is 0 Å². The highest BCUT2D eigenvalue weighted by atomic mass is 19.4. The molecule has 0 saturated heterocycles. The summed E-state index contributed by atoms with van der Waals surface area (Å²) in [6.07, 6.45) is -5.16. The molecule has 0 aromatic heterocycles. The molecular formula is C17H10F6O. The number of hydrogen-bond donors (Lipinski definition) is 0. The molecule has 7 heteroatoms. The van der Waals surface area contributed by atoms with Crippen molar-refractivity contribution in [3.05, 3.63) is 64.0 Å². The molecule has 0 aliphatic heterocycles. The van der Waals surface area contributed by atoms with E-state index in [-0.39, 0.29) is 16.9 Å². The van der Waals surface area contributed by atoms with Crippen LogP contribution in [0.4, 0.5) is 26.3 Å². The van der Waals surface area contributed by atoms with Gasteiger partial charge in [0.1, 0.15) is 34.3 Å². The van der Waals surface area contributed by atoms with Crippen LogP contribution < -0.4 is 4.74 Å². The fourth-order valence-electron chi connectivity index (χ4n) is 2.04. The van der Waals surface area contributed by atoms with Gasteiger partial charge in [0.2, 0.25) is 0 Å². The number of aryl methyl sites for hydroxylation is 1. The van der Waals surface area contributed by atoms with Crippen LogP contribution in [0.3, 0.4) is 0 Å².